The fourth-order valence-electron chi connectivity index (χ4n) is 4.75. The number of hydrogen-bond acceptors (Lipinski definition) is 0. The predicted molar refractivity (Wildman–Crippen MR) is 116 cm³/mol. The molecule has 24 heavy (non-hydrogen) atoms. The van der Waals surface area contributed by atoms with Crippen LogP contribution in [0.25, 0.3) is 0 Å². The van der Waals surface area contributed by atoms with Gasteiger partial charge in [0, 0.05) is 0 Å². The smallest absolute Gasteiger partial charge is 0.0873 e. The first-order valence-electron chi connectivity index (χ1n) is 11.5. The van der Waals surface area contributed by atoms with E-state index >= 15 is 0 Å². The van der Waals surface area contributed by atoms with Gasteiger partial charge < -0.3 is 0 Å². The highest BCUT2D eigenvalue weighted by atomic mass is 27.2. The Labute approximate surface area is 160 Å². The SMILES string of the molecule is CCCCCCCC[CH](C)[Al]([CH](C)C)[CH](C)CCCCCCCC. The molecule has 0 saturated carbocycles. The summed E-state index contributed by atoms with van der Waals surface area (Å²) in [5.41, 5.74) is 0. The Morgan fingerprint density at radius 3 is 1.17 bits per heavy atom. The highest BCUT2D eigenvalue weighted by Gasteiger charge is 2.32. The Bertz CT molecular complexity index is 226. The van der Waals surface area contributed by atoms with Gasteiger partial charge in [0.15, 0.2) is 0 Å². The van der Waals surface area contributed by atoms with E-state index < -0.39 is 14.1 Å². The van der Waals surface area contributed by atoms with Crippen LogP contribution in [0.4, 0.5) is 0 Å². The summed E-state index contributed by atoms with van der Waals surface area (Å²) in [7, 11) is 0. The molecule has 0 bridgehead atoms. The molecule has 0 nitrogen and oxygen atoms in total. The minimum Gasteiger partial charge on any atom is -0.0873 e. The molecule has 0 aliphatic carbocycles. The topological polar surface area (TPSA) is 0 Å². The van der Waals surface area contributed by atoms with E-state index in [0.29, 0.717) is 0 Å². The van der Waals surface area contributed by atoms with Gasteiger partial charge in [0.05, 0.1) is 0 Å². The lowest BCUT2D eigenvalue weighted by atomic mass is 10.1. The first-order valence-corrected chi connectivity index (χ1v) is 13.5. The molecule has 0 aliphatic rings. The minimum absolute atomic E-state index is 0.625. The molecule has 2 atom stereocenters. The zero-order valence-corrected chi connectivity index (χ0v) is 19.4. The first-order chi connectivity index (χ1) is 11.5. The fourth-order valence-corrected chi connectivity index (χ4v) is 9.74. The van der Waals surface area contributed by atoms with Crippen molar-refractivity contribution in [3.63, 3.8) is 0 Å². The molecule has 144 valence electrons. The van der Waals surface area contributed by atoms with Crippen LogP contribution in [0.3, 0.4) is 0 Å². The van der Waals surface area contributed by atoms with Crippen LogP contribution in [0.5, 0.6) is 0 Å². The maximum absolute atomic E-state index is 2.60. The molecule has 0 N–H and O–H groups in total. The molecule has 0 amide bonds. The van der Waals surface area contributed by atoms with E-state index in [1.54, 1.807) is 0 Å². The molecule has 0 heterocycles. The van der Waals surface area contributed by atoms with Crippen LogP contribution in [-0.4, -0.2) is 14.1 Å². The zero-order chi connectivity index (χ0) is 18.2. The maximum Gasteiger partial charge on any atom is 0.270 e. The van der Waals surface area contributed by atoms with Gasteiger partial charge in [-0.15, -0.1) is 0 Å². The monoisotopic (exact) mass is 352 g/mol. The summed E-state index contributed by atoms with van der Waals surface area (Å²) >= 11 is -0.625. The number of hydrogen-bond donors (Lipinski definition) is 0. The van der Waals surface area contributed by atoms with Crippen LogP contribution in [0.15, 0.2) is 0 Å². The largest absolute Gasteiger partial charge is 0.270 e. The number of unbranched alkanes of at least 4 members (excludes halogenated alkanes) is 10. The molecular formula is C23H49Al. The van der Waals surface area contributed by atoms with Gasteiger partial charge in [-0.3, -0.25) is 0 Å². The number of rotatable bonds is 17. The van der Waals surface area contributed by atoms with Gasteiger partial charge >= 0.3 is 0 Å². The molecule has 2 unspecified atom stereocenters. The second kappa shape index (κ2) is 17.0. The van der Waals surface area contributed by atoms with Crippen LogP contribution >= 0.6 is 0 Å². The van der Waals surface area contributed by atoms with Crippen LogP contribution in [0.1, 0.15) is 131 Å². The lowest BCUT2D eigenvalue weighted by molar-refractivity contribution is 0.564. The van der Waals surface area contributed by atoms with Crippen molar-refractivity contribution in [2.24, 2.45) is 0 Å². The van der Waals surface area contributed by atoms with Crippen LogP contribution in [0.2, 0.25) is 14.3 Å². The molecular weight excluding hydrogens is 303 g/mol. The van der Waals surface area contributed by atoms with Gasteiger partial charge in [-0.25, -0.2) is 0 Å². The Morgan fingerprint density at radius 1 is 0.500 bits per heavy atom. The third-order valence-electron chi connectivity index (χ3n) is 6.11. The Balaban J connectivity index is 3.98. The van der Waals surface area contributed by atoms with Gasteiger partial charge in [-0.1, -0.05) is 146 Å². The summed E-state index contributed by atoms with van der Waals surface area (Å²) in [5, 5.41) is 0. The zero-order valence-electron chi connectivity index (χ0n) is 18.2. The van der Waals surface area contributed by atoms with E-state index in [2.05, 4.69) is 41.5 Å². The van der Waals surface area contributed by atoms with Crippen molar-refractivity contribution in [3.05, 3.63) is 0 Å². The molecule has 0 rings (SSSR count). The lowest BCUT2D eigenvalue weighted by Crippen LogP contribution is -2.27. The average molecular weight is 353 g/mol. The van der Waals surface area contributed by atoms with Crippen molar-refractivity contribution in [2.75, 3.05) is 0 Å². The molecule has 0 saturated heterocycles. The average Bonchev–Trinajstić information content (AvgIpc) is 2.53. The van der Waals surface area contributed by atoms with Crippen molar-refractivity contribution in [3.8, 4) is 0 Å². The quantitative estimate of drug-likeness (QED) is 0.181. The highest BCUT2D eigenvalue weighted by molar-refractivity contribution is 6.63. The standard InChI is InChI=1S/2C10H21.C3H7.Al/c2*1-3-5-7-9-10-8-6-4-2;1-3-2;/h2*3H,4-10H2,1-2H3;3H,1-2H3;. The van der Waals surface area contributed by atoms with E-state index in [0.717, 1.165) is 14.3 Å². The van der Waals surface area contributed by atoms with Crippen molar-refractivity contribution in [2.45, 2.75) is 146 Å². The Hall–Kier alpha value is 0.532. The lowest BCUT2D eigenvalue weighted by Gasteiger charge is -2.28. The first kappa shape index (κ1) is 24.5. The molecule has 0 spiro atoms. The fraction of sp³-hybridized carbons (Fsp3) is 1.00. The highest BCUT2D eigenvalue weighted by Crippen LogP contribution is 2.36. The normalized spacial score (nSPS) is 14.1. The second-order valence-electron chi connectivity index (χ2n) is 8.89. The van der Waals surface area contributed by atoms with Crippen LogP contribution in [-0.2, 0) is 0 Å². The van der Waals surface area contributed by atoms with Gasteiger partial charge in [0.1, 0.15) is 0 Å². The summed E-state index contributed by atoms with van der Waals surface area (Å²) in [6.07, 6.45) is 20.5. The molecule has 0 aromatic rings. The Kier molecular flexibility index (Phi) is 17.3. The van der Waals surface area contributed by atoms with Gasteiger partial charge in [0.2, 0.25) is 0 Å². The van der Waals surface area contributed by atoms with Crippen LogP contribution in [0, 0.1) is 0 Å². The summed E-state index contributed by atoms with van der Waals surface area (Å²) in [5.74, 6) is 0. The summed E-state index contributed by atoms with van der Waals surface area (Å²) in [6, 6.07) is 0. The molecule has 0 radical (unpaired) electrons. The van der Waals surface area contributed by atoms with Gasteiger partial charge in [-0.05, 0) is 0 Å². The van der Waals surface area contributed by atoms with Crippen molar-refractivity contribution < 1.29 is 0 Å². The van der Waals surface area contributed by atoms with E-state index in [9.17, 15) is 0 Å². The molecule has 0 aromatic carbocycles. The third-order valence-corrected chi connectivity index (χ3v) is 10.9. The molecule has 0 fully saturated rings. The van der Waals surface area contributed by atoms with Crippen LogP contribution < -0.4 is 0 Å². The molecule has 0 aromatic heterocycles. The maximum atomic E-state index is 2.60. The molecule has 1 heteroatoms. The summed E-state index contributed by atoms with van der Waals surface area (Å²) in [4.78, 5) is 0. The van der Waals surface area contributed by atoms with Gasteiger partial charge in [-0.2, -0.15) is 0 Å². The van der Waals surface area contributed by atoms with Crippen molar-refractivity contribution >= 4 is 14.1 Å². The third kappa shape index (κ3) is 12.8. The Morgan fingerprint density at radius 2 is 0.833 bits per heavy atom. The van der Waals surface area contributed by atoms with Gasteiger partial charge in [0.25, 0.3) is 14.1 Å². The minimum atomic E-state index is -0.625. The van der Waals surface area contributed by atoms with Crippen molar-refractivity contribution in [1.29, 1.82) is 0 Å². The van der Waals surface area contributed by atoms with E-state index in [4.69, 9.17) is 0 Å². The van der Waals surface area contributed by atoms with Crippen molar-refractivity contribution in [1.82, 2.24) is 0 Å². The van der Waals surface area contributed by atoms with E-state index in [1.807, 2.05) is 0 Å². The second-order valence-corrected chi connectivity index (χ2v) is 13.7. The van der Waals surface area contributed by atoms with E-state index in [-0.39, 0.29) is 0 Å². The molecule has 0 aliphatic heterocycles. The summed E-state index contributed by atoms with van der Waals surface area (Å²) < 4.78 is 3.08. The summed E-state index contributed by atoms with van der Waals surface area (Å²) in [6.45, 7) is 14.9. The van der Waals surface area contributed by atoms with E-state index in [1.165, 1.54) is 89.9 Å². The predicted octanol–water partition coefficient (Wildman–Crippen LogP) is 9.17.